The van der Waals surface area contributed by atoms with E-state index in [0.29, 0.717) is 12.8 Å². The summed E-state index contributed by atoms with van der Waals surface area (Å²) in [6.45, 7) is 4.96. The van der Waals surface area contributed by atoms with E-state index in [-0.39, 0.29) is 18.9 Å². The smallest absolute Gasteiger partial charge is 0.211 e. The first-order chi connectivity index (χ1) is 7.32. The van der Waals surface area contributed by atoms with Crippen LogP contribution in [-0.4, -0.2) is 36.6 Å². The lowest BCUT2D eigenvalue weighted by atomic mass is 9.94. The van der Waals surface area contributed by atoms with Gasteiger partial charge in [-0.2, -0.15) is 0 Å². The number of allylic oxidation sites excluding steroid dienone is 1. The van der Waals surface area contributed by atoms with Gasteiger partial charge in [-0.05, 0) is 32.1 Å². The maximum atomic E-state index is 11.2. The topological polar surface area (TPSA) is 101 Å². The lowest BCUT2D eigenvalue weighted by molar-refractivity contribution is 0.108. The van der Waals surface area contributed by atoms with Crippen LogP contribution in [0.2, 0.25) is 0 Å². The second-order valence-electron chi connectivity index (χ2n) is 3.98. The Balaban J connectivity index is 4.54. The van der Waals surface area contributed by atoms with Gasteiger partial charge in [0.1, 0.15) is 0 Å². The number of sulfonamides is 1. The lowest BCUT2D eigenvalue weighted by Gasteiger charge is -2.23. The van der Waals surface area contributed by atoms with Crippen molar-refractivity contribution in [2.45, 2.75) is 37.5 Å². The maximum absolute atomic E-state index is 11.2. The van der Waals surface area contributed by atoms with Crippen LogP contribution in [0.5, 0.6) is 0 Å². The van der Waals surface area contributed by atoms with E-state index in [4.69, 9.17) is 10.2 Å². The van der Waals surface area contributed by atoms with Crippen molar-refractivity contribution in [3.63, 3.8) is 0 Å². The highest BCUT2D eigenvalue weighted by molar-refractivity contribution is 7.89. The van der Waals surface area contributed by atoms with Gasteiger partial charge in [0.05, 0.1) is 11.4 Å². The molecule has 0 heterocycles. The van der Waals surface area contributed by atoms with Crippen LogP contribution in [0.15, 0.2) is 12.7 Å². The first-order valence-electron chi connectivity index (χ1n) is 5.24. The molecular weight excluding hydrogens is 230 g/mol. The highest BCUT2D eigenvalue weighted by atomic mass is 32.2. The zero-order valence-electron chi connectivity index (χ0n) is 9.54. The zero-order valence-corrected chi connectivity index (χ0v) is 10.4. The van der Waals surface area contributed by atoms with E-state index in [9.17, 15) is 13.5 Å². The van der Waals surface area contributed by atoms with Crippen molar-refractivity contribution in [3.05, 3.63) is 12.7 Å². The Bertz CT molecular complexity index is 302. The number of primary sulfonamides is 1. The first-order valence-corrected chi connectivity index (χ1v) is 6.85. The fourth-order valence-electron chi connectivity index (χ4n) is 1.58. The Hall–Kier alpha value is -0.430. The third kappa shape index (κ3) is 5.60. The van der Waals surface area contributed by atoms with Gasteiger partial charge < -0.3 is 10.2 Å². The third-order valence-electron chi connectivity index (χ3n) is 2.69. The molecule has 5 nitrogen and oxygen atoms in total. The van der Waals surface area contributed by atoms with Crippen molar-refractivity contribution >= 4 is 10.0 Å². The summed E-state index contributed by atoms with van der Waals surface area (Å²) in [6, 6.07) is 0. The molecule has 4 N–H and O–H groups in total. The van der Waals surface area contributed by atoms with Crippen LogP contribution in [0.25, 0.3) is 0 Å². The molecule has 3 atom stereocenters. The summed E-state index contributed by atoms with van der Waals surface area (Å²) < 4.78 is 22.4. The van der Waals surface area contributed by atoms with Gasteiger partial charge in [-0.25, -0.2) is 13.6 Å². The number of hydrogen-bond donors (Lipinski definition) is 3. The van der Waals surface area contributed by atoms with E-state index in [1.54, 1.807) is 6.08 Å². The SMILES string of the molecule is C=CC[C@H](C[C@H](O)CCO)[C@@H](C)S(N)(=O)=O. The van der Waals surface area contributed by atoms with Crippen molar-refractivity contribution in [1.82, 2.24) is 0 Å². The van der Waals surface area contributed by atoms with Crippen LogP contribution in [0.3, 0.4) is 0 Å². The molecule has 0 fully saturated rings. The Labute approximate surface area is 97.0 Å². The van der Waals surface area contributed by atoms with E-state index in [2.05, 4.69) is 6.58 Å². The summed E-state index contributed by atoms with van der Waals surface area (Å²) in [5, 5.41) is 22.5. The fourth-order valence-corrected chi connectivity index (χ4v) is 2.34. The van der Waals surface area contributed by atoms with Gasteiger partial charge in [0, 0.05) is 6.61 Å². The molecular formula is C10H21NO4S. The van der Waals surface area contributed by atoms with Gasteiger partial charge in [0.25, 0.3) is 0 Å². The molecule has 0 aromatic rings. The van der Waals surface area contributed by atoms with Crippen LogP contribution in [0, 0.1) is 5.92 Å². The van der Waals surface area contributed by atoms with Crippen molar-refractivity contribution < 1.29 is 18.6 Å². The molecule has 0 unspecified atom stereocenters. The maximum Gasteiger partial charge on any atom is 0.211 e. The minimum Gasteiger partial charge on any atom is -0.396 e. The molecule has 0 saturated heterocycles. The van der Waals surface area contributed by atoms with E-state index in [0.717, 1.165) is 0 Å². The minimum atomic E-state index is -3.61. The predicted molar refractivity (Wildman–Crippen MR) is 63.2 cm³/mol. The molecule has 6 heteroatoms. The summed E-state index contributed by atoms with van der Waals surface area (Å²) in [7, 11) is -3.61. The molecule has 0 radical (unpaired) electrons. The first kappa shape index (κ1) is 15.6. The van der Waals surface area contributed by atoms with E-state index in [1.807, 2.05) is 0 Å². The predicted octanol–water partition coefficient (Wildman–Crippen LogP) is -0.0109. The zero-order chi connectivity index (χ0) is 12.8. The van der Waals surface area contributed by atoms with Crippen LogP contribution in [0.4, 0.5) is 0 Å². The summed E-state index contributed by atoms with van der Waals surface area (Å²) in [5.41, 5.74) is 0. The molecule has 0 aromatic heterocycles. The van der Waals surface area contributed by atoms with Gasteiger partial charge >= 0.3 is 0 Å². The highest BCUT2D eigenvalue weighted by Gasteiger charge is 2.27. The largest absolute Gasteiger partial charge is 0.396 e. The van der Waals surface area contributed by atoms with Crippen LogP contribution in [0.1, 0.15) is 26.2 Å². The summed E-state index contributed by atoms with van der Waals surface area (Å²) in [4.78, 5) is 0. The number of aliphatic hydroxyl groups excluding tert-OH is 2. The summed E-state index contributed by atoms with van der Waals surface area (Å²) >= 11 is 0. The quantitative estimate of drug-likeness (QED) is 0.528. The highest BCUT2D eigenvalue weighted by Crippen LogP contribution is 2.21. The average molecular weight is 251 g/mol. The molecule has 0 aliphatic heterocycles. The second kappa shape index (κ2) is 7.01. The van der Waals surface area contributed by atoms with Gasteiger partial charge in [-0.3, -0.25) is 0 Å². The lowest BCUT2D eigenvalue weighted by Crippen LogP contribution is -2.34. The monoisotopic (exact) mass is 251 g/mol. The number of rotatable bonds is 8. The fraction of sp³-hybridized carbons (Fsp3) is 0.800. The van der Waals surface area contributed by atoms with Crippen molar-refractivity contribution in [2.75, 3.05) is 6.61 Å². The molecule has 0 aromatic carbocycles. The van der Waals surface area contributed by atoms with Gasteiger partial charge in [-0.15, -0.1) is 6.58 Å². The molecule has 0 amide bonds. The molecule has 0 aliphatic carbocycles. The number of hydrogen-bond acceptors (Lipinski definition) is 4. The van der Waals surface area contributed by atoms with Crippen LogP contribution < -0.4 is 5.14 Å². The Morgan fingerprint density at radius 3 is 2.44 bits per heavy atom. The normalized spacial score (nSPS) is 17.8. The Morgan fingerprint density at radius 2 is 2.06 bits per heavy atom. The standard InChI is InChI=1S/C10H21NO4S/c1-3-4-9(7-10(13)5-6-12)8(2)16(11,14)15/h3,8-10,12-13H,1,4-7H2,2H3,(H2,11,14,15)/t8-,9-,10-/m1/s1. The molecule has 0 bridgehead atoms. The molecule has 96 valence electrons. The molecule has 0 spiro atoms. The second-order valence-corrected chi connectivity index (χ2v) is 5.90. The number of aliphatic hydroxyl groups is 2. The summed E-state index contributed by atoms with van der Waals surface area (Å²) in [5.74, 6) is -0.269. The molecule has 16 heavy (non-hydrogen) atoms. The van der Waals surface area contributed by atoms with Crippen LogP contribution in [-0.2, 0) is 10.0 Å². The van der Waals surface area contributed by atoms with Gasteiger partial charge in [0.2, 0.25) is 10.0 Å². The Kier molecular flexibility index (Phi) is 6.82. The average Bonchev–Trinajstić information content (AvgIpc) is 2.15. The van der Waals surface area contributed by atoms with Crippen LogP contribution >= 0.6 is 0 Å². The van der Waals surface area contributed by atoms with Gasteiger partial charge in [-0.1, -0.05) is 6.08 Å². The minimum absolute atomic E-state index is 0.119. The third-order valence-corrected chi connectivity index (χ3v) is 4.11. The molecule has 0 saturated carbocycles. The summed E-state index contributed by atoms with van der Waals surface area (Å²) in [6.07, 6.45) is 1.91. The molecule has 0 aliphatic rings. The Morgan fingerprint density at radius 1 is 1.50 bits per heavy atom. The van der Waals surface area contributed by atoms with E-state index in [1.165, 1.54) is 6.92 Å². The van der Waals surface area contributed by atoms with Crippen molar-refractivity contribution in [3.8, 4) is 0 Å². The number of nitrogens with two attached hydrogens (primary N) is 1. The van der Waals surface area contributed by atoms with E-state index >= 15 is 0 Å². The van der Waals surface area contributed by atoms with E-state index < -0.39 is 21.4 Å². The van der Waals surface area contributed by atoms with Gasteiger partial charge in [0.15, 0.2) is 0 Å². The molecule has 0 rings (SSSR count). The van der Waals surface area contributed by atoms with Crippen molar-refractivity contribution in [2.24, 2.45) is 11.1 Å². The van der Waals surface area contributed by atoms with Crippen molar-refractivity contribution in [1.29, 1.82) is 0 Å².